The van der Waals surface area contributed by atoms with Gasteiger partial charge in [0, 0.05) is 19.9 Å². The van der Waals surface area contributed by atoms with E-state index in [1.807, 2.05) is 84.9 Å². The molecule has 3 aromatic rings. The number of thiocarbonyl (C=S) groups is 1. The average molecular weight is 463 g/mol. The summed E-state index contributed by atoms with van der Waals surface area (Å²) in [4.78, 5) is 0. The molecule has 0 saturated carbocycles. The topological polar surface area (TPSA) is 29.1 Å². The summed E-state index contributed by atoms with van der Waals surface area (Å²) in [6.45, 7) is 0. The molecule has 3 rings (SSSR count). The van der Waals surface area contributed by atoms with Crippen molar-refractivity contribution in [2.75, 3.05) is 5.32 Å². The third kappa shape index (κ3) is 3.61. The second-order valence-corrected chi connectivity index (χ2v) is 9.88. The van der Waals surface area contributed by atoms with E-state index in [4.69, 9.17) is 12.2 Å². The van der Waals surface area contributed by atoms with Crippen molar-refractivity contribution in [3.8, 4) is 0 Å². The molecule has 0 aromatic heterocycles. The number of nitrogens with one attached hydrogen (secondary N) is 1. The fraction of sp³-hybridized carbons (Fsp3) is 0. The average Bonchev–Trinajstić information content (AvgIpc) is 2.62. The Balaban J connectivity index is 2.05. The van der Waals surface area contributed by atoms with Crippen molar-refractivity contribution in [3.05, 3.63) is 88.5 Å². The van der Waals surface area contributed by atoms with Crippen LogP contribution in [-0.4, -0.2) is 4.73 Å². The van der Waals surface area contributed by atoms with Gasteiger partial charge in [0.1, 0.15) is 4.73 Å². The normalized spacial score (nSPS) is 11.0. The second-order valence-electron chi connectivity index (χ2n) is 5.22. The zero-order valence-electron chi connectivity index (χ0n) is 12.7. The molecule has 0 saturated heterocycles. The Morgan fingerprint density at radius 2 is 1.38 bits per heavy atom. The standard InChI is InChI=1S/C19H15INOPS/c20-15-8-7-9-16(14-15)21-19(24)23(22,17-10-3-1-4-11-17)18-12-5-2-6-13-18/h1-14H,(H,21,24). The zero-order valence-corrected chi connectivity index (χ0v) is 16.6. The van der Waals surface area contributed by atoms with Crippen LogP contribution < -0.4 is 15.9 Å². The number of hydrogen-bond donors (Lipinski definition) is 1. The highest BCUT2D eigenvalue weighted by atomic mass is 127. The first-order valence-electron chi connectivity index (χ1n) is 7.39. The molecule has 0 heterocycles. The van der Waals surface area contributed by atoms with Gasteiger partial charge in [-0.2, -0.15) is 0 Å². The maximum absolute atomic E-state index is 14.0. The maximum Gasteiger partial charge on any atom is 0.197 e. The molecule has 0 fully saturated rings. The summed E-state index contributed by atoms with van der Waals surface area (Å²) >= 11 is 7.85. The summed E-state index contributed by atoms with van der Waals surface area (Å²) in [6.07, 6.45) is 0. The van der Waals surface area contributed by atoms with Gasteiger partial charge in [-0.25, -0.2) is 0 Å². The molecular weight excluding hydrogens is 448 g/mol. The minimum absolute atomic E-state index is 0.349. The predicted octanol–water partition coefficient (Wildman–Crippen LogP) is 5.00. The summed E-state index contributed by atoms with van der Waals surface area (Å²) in [5.74, 6) is 0. The smallest absolute Gasteiger partial charge is 0.197 e. The third-order valence-electron chi connectivity index (χ3n) is 3.60. The van der Waals surface area contributed by atoms with Crippen molar-refractivity contribution in [1.29, 1.82) is 0 Å². The molecule has 0 atom stereocenters. The molecule has 0 unspecified atom stereocenters. The van der Waals surface area contributed by atoms with Crippen molar-refractivity contribution in [2.45, 2.75) is 0 Å². The minimum atomic E-state index is -3.08. The van der Waals surface area contributed by atoms with Gasteiger partial charge >= 0.3 is 0 Å². The zero-order chi connectivity index (χ0) is 17.0. The lowest BCUT2D eigenvalue weighted by Crippen LogP contribution is -2.25. The largest absolute Gasteiger partial charge is 0.343 e. The Hall–Kier alpha value is -1.49. The molecule has 120 valence electrons. The summed E-state index contributed by atoms with van der Waals surface area (Å²) in [5, 5.41) is 4.65. The van der Waals surface area contributed by atoms with E-state index in [0.717, 1.165) is 19.9 Å². The van der Waals surface area contributed by atoms with Gasteiger partial charge in [-0.3, -0.25) is 0 Å². The van der Waals surface area contributed by atoms with E-state index in [2.05, 4.69) is 27.9 Å². The van der Waals surface area contributed by atoms with Crippen LogP contribution in [0.3, 0.4) is 0 Å². The van der Waals surface area contributed by atoms with Crippen LogP contribution in [0, 0.1) is 3.57 Å². The van der Waals surface area contributed by atoms with Crippen LogP contribution in [0.15, 0.2) is 84.9 Å². The van der Waals surface area contributed by atoms with Gasteiger partial charge in [0.2, 0.25) is 0 Å². The molecule has 0 aliphatic carbocycles. The first-order valence-corrected chi connectivity index (χ1v) is 10.6. The van der Waals surface area contributed by atoms with E-state index in [1.54, 1.807) is 0 Å². The summed E-state index contributed by atoms with van der Waals surface area (Å²) < 4.78 is 15.4. The SMILES string of the molecule is O=P(C(=S)Nc1cccc(I)c1)(c1ccccc1)c1ccccc1. The van der Waals surface area contributed by atoms with Crippen molar-refractivity contribution < 1.29 is 4.57 Å². The molecule has 24 heavy (non-hydrogen) atoms. The Bertz CT molecular complexity index is 856. The third-order valence-corrected chi connectivity index (χ3v) is 7.88. The van der Waals surface area contributed by atoms with E-state index in [1.165, 1.54) is 0 Å². The summed E-state index contributed by atoms with van der Waals surface area (Å²) in [5.41, 5.74) is 0.846. The van der Waals surface area contributed by atoms with Crippen LogP contribution in [0.5, 0.6) is 0 Å². The first-order chi connectivity index (χ1) is 11.6. The van der Waals surface area contributed by atoms with E-state index < -0.39 is 7.14 Å². The Morgan fingerprint density at radius 1 is 0.833 bits per heavy atom. The molecule has 0 amide bonds. The van der Waals surface area contributed by atoms with E-state index in [0.29, 0.717) is 4.73 Å². The van der Waals surface area contributed by atoms with Crippen LogP contribution in [-0.2, 0) is 4.57 Å². The minimum Gasteiger partial charge on any atom is -0.343 e. The monoisotopic (exact) mass is 463 g/mol. The summed E-state index contributed by atoms with van der Waals surface area (Å²) in [6, 6.07) is 26.7. The van der Waals surface area contributed by atoms with Crippen molar-refractivity contribution in [1.82, 2.24) is 0 Å². The number of hydrogen-bond acceptors (Lipinski definition) is 2. The molecule has 0 radical (unpaired) electrons. The van der Waals surface area contributed by atoms with E-state index >= 15 is 0 Å². The molecule has 1 N–H and O–H groups in total. The molecule has 0 spiro atoms. The van der Waals surface area contributed by atoms with Crippen LogP contribution in [0.1, 0.15) is 0 Å². The van der Waals surface area contributed by atoms with Gasteiger partial charge < -0.3 is 9.88 Å². The highest BCUT2D eigenvalue weighted by molar-refractivity contribution is 14.1. The van der Waals surface area contributed by atoms with Gasteiger partial charge in [-0.05, 0) is 40.8 Å². The molecule has 3 aromatic carbocycles. The van der Waals surface area contributed by atoms with Gasteiger partial charge in [-0.1, -0.05) is 78.9 Å². The van der Waals surface area contributed by atoms with Crippen LogP contribution >= 0.6 is 42.0 Å². The quantitative estimate of drug-likeness (QED) is 0.336. The highest BCUT2D eigenvalue weighted by Crippen LogP contribution is 2.45. The predicted molar refractivity (Wildman–Crippen MR) is 115 cm³/mol. The molecule has 0 aliphatic rings. The van der Waals surface area contributed by atoms with Crippen molar-refractivity contribution >= 4 is 63.0 Å². The number of halogens is 1. The van der Waals surface area contributed by atoms with Crippen LogP contribution in [0.25, 0.3) is 0 Å². The Morgan fingerprint density at radius 3 is 1.88 bits per heavy atom. The fourth-order valence-corrected chi connectivity index (χ4v) is 5.96. The van der Waals surface area contributed by atoms with Gasteiger partial charge in [0.05, 0.1) is 0 Å². The van der Waals surface area contributed by atoms with Gasteiger partial charge in [0.15, 0.2) is 7.14 Å². The molecule has 2 nitrogen and oxygen atoms in total. The van der Waals surface area contributed by atoms with Crippen LogP contribution in [0.4, 0.5) is 5.69 Å². The van der Waals surface area contributed by atoms with Gasteiger partial charge in [-0.15, -0.1) is 0 Å². The molecule has 5 heteroatoms. The fourth-order valence-electron chi connectivity index (χ4n) is 2.43. The maximum atomic E-state index is 14.0. The Kier molecular flexibility index (Phi) is 5.49. The number of benzene rings is 3. The van der Waals surface area contributed by atoms with E-state index in [9.17, 15) is 4.57 Å². The van der Waals surface area contributed by atoms with Crippen molar-refractivity contribution in [3.63, 3.8) is 0 Å². The Labute approximate surface area is 160 Å². The lowest BCUT2D eigenvalue weighted by atomic mass is 10.3. The second kappa shape index (κ2) is 7.60. The lowest BCUT2D eigenvalue weighted by molar-refractivity contribution is 0.594. The molecule has 0 aliphatic heterocycles. The van der Waals surface area contributed by atoms with E-state index in [-0.39, 0.29) is 0 Å². The van der Waals surface area contributed by atoms with Crippen LogP contribution in [0.2, 0.25) is 0 Å². The number of rotatable bonds is 4. The van der Waals surface area contributed by atoms with Crippen molar-refractivity contribution in [2.24, 2.45) is 0 Å². The molecule has 0 bridgehead atoms. The molecular formula is C19H15INOPS. The number of anilines is 1. The summed E-state index contributed by atoms with van der Waals surface area (Å²) in [7, 11) is -3.08. The first kappa shape index (κ1) is 17.3. The van der Waals surface area contributed by atoms with Gasteiger partial charge in [0.25, 0.3) is 0 Å². The highest BCUT2D eigenvalue weighted by Gasteiger charge is 2.32. The lowest BCUT2D eigenvalue weighted by Gasteiger charge is -2.21.